The number of rotatable bonds is 10. The molecule has 0 bridgehead atoms. The van der Waals surface area contributed by atoms with Gasteiger partial charge >= 0.3 is 5.97 Å². The molecule has 0 aliphatic heterocycles. The second-order valence-electron chi connectivity index (χ2n) is 5.56. The Morgan fingerprint density at radius 1 is 1.20 bits per heavy atom. The molecule has 0 saturated heterocycles. The number of carbonyl (C=O) groups is 3. The molecule has 5 nitrogen and oxygen atoms in total. The van der Waals surface area contributed by atoms with E-state index in [2.05, 4.69) is 5.32 Å². The van der Waals surface area contributed by atoms with Crippen LogP contribution in [0.15, 0.2) is 30.3 Å². The second-order valence-corrected chi connectivity index (χ2v) is 7.74. The largest absolute Gasteiger partial charge is 0.467 e. The molecule has 0 aliphatic carbocycles. The minimum atomic E-state index is -0.662. The molecule has 1 rings (SSSR count). The van der Waals surface area contributed by atoms with Crippen LogP contribution in [-0.4, -0.2) is 47.9 Å². The fourth-order valence-electron chi connectivity index (χ4n) is 2.26. The maximum atomic E-state index is 12.7. The Hall–Kier alpha value is -1.47. The molecule has 0 heterocycles. The van der Waals surface area contributed by atoms with E-state index in [1.807, 2.05) is 36.6 Å². The van der Waals surface area contributed by atoms with E-state index in [9.17, 15) is 14.4 Å². The van der Waals surface area contributed by atoms with Crippen LogP contribution in [0.3, 0.4) is 0 Å². The molecular weight excluding hydrogens is 358 g/mol. The molecule has 0 unspecified atom stereocenters. The molecule has 0 aliphatic rings. The van der Waals surface area contributed by atoms with E-state index >= 15 is 0 Å². The Balaban J connectivity index is 2.81. The highest BCUT2D eigenvalue weighted by molar-refractivity contribution is 8.13. The minimum Gasteiger partial charge on any atom is -0.467 e. The Bertz CT molecular complexity index is 565. The van der Waals surface area contributed by atoms with Gasteiger partial charge in [-0.2, -0.15) is 11.8 Å². The smallest absolute Gasteiger partial charge is 0.328 e. The molecule has 2 atom stereocenters. The van der Waals surface area contributed by atoms with Crippen molar-refractivity contribution in [3.05, 3.63) is 35.9 Å². The third-order valence-corrected chi connectivity index (χ3v) is 5.22. The van der Waals surface area contributed by atoms with E-state index in [1.165, 1.54) is 14.0 Å². The van der Waals surface area contributed by atoms with Crippen molar-refractivity contribution in [3.63, 3.8) is 0 Å². The standard InChI is InChI=1S/C18H25NO4S2/c1-13(20)25-12-15(11-14-7-5-4-6-8-14)17(21)19-16(9-10-24-3)18(22)23-2/h4-8,15-16H,9-12H2,1-3H3,(H,19,21)/t15-,16-/m0/s1. The number of hydrogen-bond acceptors (Lipinski definition) is 6. The number of methoxy groups -OCH3 is 1. The molecule has 7 heteroatoms. The van der Waals surface area contributed by atoms with Gasteiger partial charge < -0.3 is 10.1 Å². The quantitative estimate of drug-likeness (QED) is 0.626. The van der Waals surface area contributed by atoms with Gasteiger partial charge in [-0.05, 0) is 30.4 Å². The van der Waals surface area contributed by atoms with E-state index in [0.717, 1.165) is 23.1 Å². The molecule has 0 radical (unpaired) electrons. The molecular formula is C18H25NO4S2. The van der Waals surface area contributed by atoms with Crippen molar-refractivity contribution in [1.29, 1.82) is 0 Å². The molecule has 0 aromatic heterocycles. The molecule has 0 spiro atoms. The average Bonchev–Trinajstić information content (AvgIpc) is 2.61. The van der Waals surface area contributed by atoms with Gasteiger partial charge in [-0.25, -0.2) is 4.79 Å². The number of nitrogens with one attached hydrogen (secondary N) is 1. The molecule has 25 heavy (non-hydrogen) atoms. The number of hydrogen-bond donors (Lipinski definition) is 1. The number of amides is 1. The summed E-state index contributed by atoms with van der Waals surface area (Å²) in [6, 6.07) is 8.98. The molecule has 1 aromatic rings. The van der Waals surface area contributed by atoms with Gasteiger partial charge in [-0.1, -0.05) is 42.1 Å². The third kappa shape index (κ3) is 8.45. The van der Waals surface area contributed by atoms with Crippen LogP contribution >= 0.6 is 23.5 Å². The fraction of sp³-hybridized carbons (Fsp3) is 0.500. The highest BCUT2D eigenvalue weighted by Crippen LogP contribution is 2.16. The Labute approximate surface area is 157 Å². The molecule has 1 N–H and O–H groups in total. The van der Waals surface area contributed by atoms with E-state index in [1.54, 1.807) is 11.8 Å². The predicted octanol–water partition coefficient (Wildman–Crippen LogP) is 2.54. The monoisotopic (exact) mass is 383 g/mol. The van der Waals surface area contributed by atoms with Crippen molar-refractivity contribution in [1.82, 2.24) is 5.32 Å². The van der Waals surface area contributed by atoms with Crippen molar-refractivity contribution in [2.75, 3.05) is 24.9 Å². The highest BCUT2D eigenvalue weighted by atomic mass is 32.2. The lowest BCUT2D eigenvalue weighted by atomic mass is 9.99. The van der Waals surface area contributed by atoms with Gasteiger partial charge in [0.15, 0.2) is 5.12 Å². The van der Waals surface area contributed by atoms with Crippen molar-refractivity contribution in [2.24, 2.45) is 5.92 Å². The summed E-state index contributed by atoms with van der Waals surface area (Å²) in [5.41, 5.74) is 1.02. The van der Waals surface area contributed by atoms with Crippen LogP contribution in [-0.2, 0) is 25.5 Å². The summed E-state index contributed by atoms with van der Waals surface area (Å²) in [7, 11) is 1.31. The van der Waals surface area contributed by atoms with Crippen molar-refractivity contribution < 1.29 is 19.1 Å². The summed E-state index contributed by atoms with van der Waals surface area (Å²) in [6.45, 7) is 1.48. The van der Waals surface area contributed by atoms with Crippen LogP contribution in [0.1, 0.15) is 18.9 Å². The fourth-order valence-corrected chi connectivity index (χ4v) is 3.44. The molecule has 1 amide bonds. The average molecular weight is 384 g/mol. The highest BCUT2D eigenvalue weighted by Gasteiger charge is 2.26. The van der Waals surface area contributed by atoms with Crippen molar-refractivity contribution in [3.8, 4) is 0 Å². The van der Waals surface area contributed by atoms with Gasteiger partial charge in [0.05, 0.1) is 13.0 Å². The maximum absolute atomic E-state index is 12.7. The number of carbonyl (C=O) groups excluding carboxylic acids is 3. The first-order chi connectivity index (χ1) is 12.0. The molecule has 1 aromatic carbocycles. The van der Waals surface area contributed by atoms with Gasteiger partial charge in [0.1, 0.15) is 6.04 Å². The number of esters is 1. The number of thioether (sulfide) groups is 2. The summed E-state index contributed by atoms with van der Waals surface area (Å²) < 4.78 is 4.78. The lowest BCUT2D eigenvalue weighted by Gasteiger charge is -2.21. The molecule has 138 valence electrons. The van der Waals surface area contributed by atoms with Crippen LogP contribution in [0.2, 0.25) is 0 Å². The first-order valence-corrected chi connectivity index (χ1v) is 10.4. The van der Waals surface area contributed by atoms with Crippen LogP contribution in [0, 0.1) is 5.92 Å². The zero-order valence-electron chi connectivity index (χ0n) is 14.8. The van der Waals surface area contributed by atoms with Gasteiger partial charge in [0.2, 0.25) is 5.91 Å². The maximum Gasteiger partial charge on any atom is 0.328 e. The van der Waals surface area contributed by atoms with Crippen LogP contribution < -0.4 is 5.32 Å². The third-order valence-electron chi connectivity index (χ3n) is 3.60. The predicted molar refractivity (Wildman–Crippen MR) is 104 cm³/mol. The van der Waals surface area contributed by atoms with Gasteiger partial charge in [0, 0.05) is 12.7 Å². The summed E-state index contributed by atoms with van der Waals surface area (Å²) in [4.78, 5) is 35.9. The normalized spacial score (nSPS) is 12.9. The topological polar surface area (TPSA) is 72.5 Å². The zero-order chi connectivity index (χ0) is 18.7. The Kier molecular flexibility index (Phi) is 10.3. The lowest BCUT2D eigenvalue weighted by molar-refractivity contribution is -0.145. The summed E-state index contributed by atoms with van der Waals surface area (Å²) in [5.74, 6) is 0.0601. The van der Waals surface area contributed by atoms with E-state index in [4.69, 9.17) is 4.74 Å². The van der Waals surface area contributed by atoms with Crippen molar-refractivity contribution in [2.45, 2.75) is 25.8 Å². The van der Waals surface area contributed by atoms with Crippen LogP contribution in [0.25, 0.3) is 0 Å². The SMILES string of the molecule is COC(=O)[C@H](CCSC)NC(=O)[C@H](CSC(C)=O)Cc1ccccc1. The van der Waals surface area contributed by atoms with Gasteiger partial charge in [-0.3, -0.25) is 9.59 Å². The Morgan fingerprint density at radius 3 is 2.44 bits per heavy atom. The van der Waals surface area contributed by atoms with Gasteiger partial charge in [-0.15, -0.1) is 0 Å². The van der Waals surface area contributed by atoms with E-state index in [-0.39, 0.29) is 11.0 Å². The Morgan fingerprint density at radius 2 is 1.88 bits per heavy atom. The molecule has 0 fully saturated rings. The van der Waals surface area contributed by atoms with Crippen molar-refractivity contribution >= 4 is 40.5 Å². The summed E-state index contributed by atoms with van der Waals surface area (Å²) in [5, 5.41) is 2.77. The van der Waals surface area contributed by atoms with Crippen LogP contribution in [0.4, 0.5) is 0 Å². The minimum absolute atomic E-state index is 0.0298. The first kappa shape index (κ1) is 21.6. The summed E-state index contributed by atoms with van der Waals surface area (Å²) in [6.07, 6.45) is 2.97. The summed E-state index contributed by atoms with van der Waals surface area (Å²) >= 11 is 2.73. The number of ether oxygens (including phenoxy) is 1. The molecule has 0 saturated carbocycles. The van der Waals surface area contributed by atoms with E-state index < -0.39 is 17.9 Å². The van der Waals surface area contributed by atoms with Crippen LogP contribution in [0.5, 0.6) is 0 Å². The first-order valence-electron chi connectivity index (χ1n) is 8.02. The second kappa shape index (κ2) is 12.0. The number of benzene rings is 1. The van der Waals surface area contributed by atoms with E-state index in [0.29, 0.717) is 18.6 Å². The lowest BCUT2D eigenvalue weighted by Crippen LogP contribution is -2.45. The zero-order valence-corrected chi connectivity index (χ0v) is 16.5. The van der Waals surface area contributed by atoms with Gasteiger partial charge in [0.25, 0.3) is 0 Å².